The summed E-state index contributed by atoms with van der Waals surface area (Å²) in [4.78, 5) is 2.95. The van der Waals surface area contributed by atoms with Gasteiger partial charge in [0.1, 0.15) is 10.6 Å². The van der Waals surface area contributed by atoms with Crippen molar-refractivity contribution in [2.45, 2.75) is 30.6 Å². The second-order valence-corrected chi connectivity index (χ2v) is 7.67. The maximum Gasteiger partial charge on any atom is 0.433 e. The van der Waals surface area contributed by atoms with Crippen LogP contribution in [0.5, 0.6) is 0 Å². The first kappa shape index (κ1) is 18.8. The van der Waals surface area contributed by atoms with Crippen LogP contribution >= 0.6 is 0 Å². The number of halogens is 3. The molecule has 1 saturated heterocycles. The molecule has 2 aromatic rings. The number of morpholine rings is 1. The van der Waals surface area contributed by atoms with Gasteiger partial charge in [-0.1, -0.05) is 0 Å². The molecule has 1 aliphatic heterocycles. The molecule has 7 nitrogen and oxygen atoms in total. The van der Waals surface area contributed by atoms with E-state index in [1.807, 2.05) is 6.92 Å². The molecule has 2 aromatic heterocycles. The molecule has 0 aromatic carbocycles. The number of ether oxygens (including phenoxy) is 1. The number of aryl methyl sites for hydroxylation is 1. The third-order valence-corrected chi connectivity index (χ3v) is 5.89. The zero-order valence-corrected chi connectivity index (χ0v) is 14.7. The average Bonchev–Trinajstić information content (AvgIpc) is 3.10. The number of pyridine rings is 1. The molecular formula is C15H17F3N4O3S. The molecule has 3 rings (SSSR count). The van der Waals surface area contributed by atoms with Crippen molar-refractivity contribution in [2.24, 2.45) is 0 Å². The lowest BCUT2D eigenvalue weighted by molar-refractivity contribution is -0.141. The van der Waals surface area contributed by atoms with E-state index in [4.69, 9.17) is 4.74 Å². The second kappa shape index (κ2) is 6.97. The van der Waals surface area contributed by atoms with Gasteiger partial charge in [-0.3, -0.25) is 9.67 Å². The molecule has 26 heavy (non-hydrogen) atoms. The van der Waals surface area contributed by atoms with Crippen LogP contribution in [0.1, 0.15) is 24.3 Å². The number of hydrogen-bond acceptors (Lipinski definition) is 5. The van der Waals surface area contributed by atoms with Crippen LogP contribution in [-0.2, 0) is 27.5 Å². The molecule has 0 aliphatic carbocycles. The highest BCUT2D eigenvalue weighted by atomic mass is 32.2. The minimum Gasteiger partial charge on any atom is -0.371 e. The van der Waals surface area contributed by atoms with E-state index in [0.717, 1.165) is 17.8 Å². The molecule has 0 spiro atoms. The fourth-order valence-corrected chi connectivity index (χ4v) is 3.98. The maximum absolute atomic E-state index is 12.7. The van der Waals surface area contributed by atoms with Gasteiger partial charge in [-0.15, -0.1) is 0 Å². The van der Waals surface area contributed by atoms with Crippen molar-refractivity contribution in [3.8, 4) is 0 Å². The summed E-state index contributed by atoms with van der Waals surface area (Å²) in [5.74, 6) is 0. The van der Waals surface area contributed by atoms with Crippen LogP contribution < -0.4 is 0 Å². The van der Waals surface area contributed by atoms with Crippen LogP contribution in [0.3, 0.4) is 0 Å². The first-order valence-corrected chi connectivity index (χ1v) is 9.33. The average molecular weight is 390 g/mol. The van der Waals surface area contributed by atoms with E-state index in [1.165, 1.54) is 4.31 Å². The standard InChI is InChI=1S/C15H17F3N4O3S/c1-2-21-9-11(7-20-21)13-10-22(5-6-25-13)26(23,24)12-3-4-14(19-8-12)15(16,17)18/h3-4,7-9,13H,2,5-6,10H2,1H3/t13-/m1/s1. The lowest BCUT2D eigenvalue weighted by Gasteiger charge is -2.31. The SMILES string of the molecule is CCn1cc([C@H]2CN(S(=O)(=O)c3ccc(C(F)(F)F)nc3)CCO2)cn1. The minimum absolute atomic E-state index is 0.0543. The van der Waals surface area contributed by atoms with E-state index in [0.29, 0.717) is 12.6 Å². The van der Waals surface area contributed by atoms with E-state index < -0.39 is 28.0 Å². The van der Waals surface area contributed by atoms with Crippen molar-refractivity contribution in [2.75, 3.05) is 19.7 Å². The third kappa shape index (κ3) is 3.74. The zero-order valence-electron chi connectivity index (χ0n) is 13.8. The molecule has 1 fully saturated rings. The van der Waals surface area contributed by atoms with Crippen molar-refractivity contribution < 1.29 is 26.3 Å². The van der Waals surface area contributed by atoms with E-state index in [9.17, 15) is 21.6 Å². The summed E-state index contributed by atoms with van der Waals surface area (Å²) in [7, 11) is -3.97. The van der Waals surface area contributed by atoms with Gasteiger partial charge in [-0.2, -0.15) is 22.6 Å². The number of nitrogens with zero attached hydrogens (tertiary/aromatic N) is 4. The lowest BCUT2D eigenvalue weighted by Crippen LogP contribution is -2.42. The monoisotopic (exact) mass is 390 g/mol. The van der Waals surface area contributed by atoms with Gasteiger partial charge in [-0.05, 0) is 19.1 Å². The van der Waals surface area contributed by atoms with Crippen molar-refractivity contribution in [3.63, 3.8) is 0 Å². The van der Waals surface area contributed by atoms with Gasteiger partial charge >= 0.3 is 6.18 Å². The first-order chi connectivity index (χ1) is 12.2. The largest absolute Gasteiger partial charge is 0.433 e. The van der Waals surface area contributed by atoms with Crippen molar-refractivity contribution in [1.82, 2.24) is 19.1 Å². The predicted octanol–water partition coefficient (Wildman–Crippen LogP) is 2.08. The fourth-order valence-electron chi connectivity index (χ4n) is 2.61. The molecule has 142 valence electrons. The number of alkyl halides is 3. The first-order valence-electron chi connectivity index (χ1n) is 7.89. The van der Waals surface area contributed by atoms with E-state index in [1.54, 1.807) is 17.1 Å². The molecule has 11 heteroatoms. The molecule has 0 bridgehead atoms. The Balaban J connectivity index is 1.80. The Kier molecular flexibility index (Phi) is 5.04. The Labute approximate surface area is 148 Å². The summed E-state index contributed by atoms with van der Waals surface area (Å²) >= 11 is 0. The molecule has 0 amide bonds. The van der Waals surface area contributed by atoms with Gasteiger partial charge in [0.05, 0.1) is 18.9 Å². The van der Waals surface area contributed by atoms with Crippen LogP contribution in [0.25, 0.3) is 0 Å². The Hall–Kier alpha value is -1.98. The van der Waals surface area contributed by atoms with Crippen LogP contribution in [0.4, 0.5) is 13.2 Å². The number of hydrogen-bond donors (Lipinski definition) is 0. The molecular weight excluding hydrogens is 373 g/mol. The Morgan fingerprint density at radius 2 is 2.08 bits per heavy atom. The summed E-state index contributed by atoms with van der Waals surface area (Å²) in [5, 5.41) is 4.14. The van der Waals surface area contributed by atoms with Crippen LogP contribution in [0, 0.1) is 0 Å². The van der Waals surface area contributed by atoms with Gasteiger partial charge in [0.15, 0.2) is 0 Å². The Bertz CT molecular complexity index is 865. The molecule has 1 atom stereocenters. The molecule has 0 saturated carbocycles. The molecule has 1 aliphatic rings. The summed E-state index contributed by atoms with van der Waals surface area (Å²) in [6.07, 6.45) is -0.977. The number of rotatable bonds is 4. The predicted molar refractivity (Wildman–Crippen MR) is 84.6 cm³/mol. The third-order valence-electron chi connectivity index (χ3n) is 4.04. The van der Waals surface area contributed by atoms with Gasteiger partial charge in [-0.25, -0.2) is 8.42 Å². The van der Waals surface area contributed by atoms with E-state index in [2.05, 4.69) is 10.1 Å². The van der Waals surface area contributed by atoms with Crippen LogP contribution in [0.15, 0.2) is 35.6 Å². The Morgan fingerprint density at radius 3 is 2.65 bits per heavy atom. The van der Waals surface area contributed by atoms with Crippen molar-refractivity contribution in [1.29, 1.82) is 0 Å². The molecule has 0 N–H and O–H groups in total. The summed E-state index contributed by atoms with van der Waals surface area (Å²) in [5.41, 5.74) is -0.388. The zero-order chi connectivity index (χ0) is 18.9. The number of aromatic nitrogens is 3. The van der Waals surface area contributed by atoms with Gasteiger partial charge in [0, 0.05) is 37.6 Å². The number of sulfonamides is 1. The topological polar surface area (TPSA) is 77.3 Å². The highest BCUT2D eigenvalue weighted by Gasteiger charge is 2.35. The van der Waals surface area contributed by atoms with E-state index >= 15 is 0 Å². The van der Waals surface area contributed by atoms with Gasteiger partial charge in [0.2, 0.25) is 10.0 Å². The van der Waals surface area contributed by atoms with Crippen molar-refractivity contribution >= 4 is 10.0 Å². The summed E-state index contributed by atoms with van der Waals surface area (Å²) < 4.78 is 71.7. The summed E-state index contributed by atoms with van der Waals surface area (Å²) in [6, 6.07) is 1.58. The van der Waals surface area contributed by atoms with Crippen LogP contribution in [0.2, 0.25) is 0 Å². The minimum atomic E-state index is -4.62. The second-order valence-electron chi connectivity index (χ2n) is 5.73. The molecule has 0 radical (unpaired) electrons. The highest BCUT2D eigenvalue weighted by Crippen LogP contribution is 2.29. The molecule has 3 heterocycles. The summed E-state index contributed by atoms with van der Waals surface area (Å²) in [6.45, 7) is 2.94. The quantitative estimate of drug-likeness (QED) is 0.799. The smallest absolute Gasteiger partial charge is 0.371 e. The van der Waals surface area contributed by atoms with Crippen molar-refractivity contribution in [3.05, 3.63) is 42.0 Å². The fraction of sp³-hybridized carbons (Fsp3) is 0.467. The normalized spacial score (nSPS) is 19.6. The van der Waals surface area contributed by atoms with Gasteiger partial charge < -0.3 is 4.74 Å². The maximum atomic E-state index is 12.7. The molecule has 0 unspecified atom stereocenters. The van der Waals surface area contributed by atoms with E-state index in [-0.39, 0.29) is 24.6 Å². The lowest BCUT2D eigenvalue weighted by atomic mass is 10.2. The highest BCUT2D eigenvalue weighted by molar-refractivity contribution is 7.89. The van der Waals surface area contributed by atoms with Gasteiger partial charge in [0.25, 0.3) is 0 Å². The Morgan fingerprint density at radius 1 is 1.31 bits per heavy atom. The van der Waals surface area contributed by atoms with Crippen LogP contribution in [-0.4, -0.2) is 47.2 Å².